The highest BCUT2D eigenvalue weighted by molar-refractivity contribution is 7.92. The Balaban J connectivity index is 2.00. The fraction of sp³-hybridized carbons (Fsp3) is 0.133. The maximum absolute atomic E-state index is 12.6. The summed E-state index contributed by atoms with van der Waals surface area (Å²) in [4.78, 5) is 11.2. The van der Waals surface area contributed by atoms with Gasteiger partial charge in [-0.1, -0.05) is 29.8 Å². The molecule has 2 N–H and O–H groups in total. The van der Waals surface area contributed by atoms with Gasteiger partial charge in [-0.05, 0) is 24.6 Å². The molecule has 0 atom stereocenters. The van der Waals surface area contributed by atoms with Gasteiger partial charge in [-0.15, -0.1) is 0 Å². The van der Waals surface area contributed by atoms with Crippen LogP contribution in [-0.4, -0.2) is 20.9 Å². The minimum absolute atomic E-state index is 0.00404. The second kappa shape index (κ2) is 5.75. The van der Waals surface area contributed by atoms with E-state index in [1.54, 1.807) is 25.1 Å². The van der Waals surface area contributed by atoms with Crippen LogP contribution in [0, 0.1) is 6.92 Å². The van der Waals surface area contributed by atoms with Gasteiger partial charge < -0.3 is 10.1 Å². The summed E-state index contributed by atoms with van der Waals surface area (Å²) in [5.41, 5.74) is 1.60. The lowest BCUT2D eigenvalue weighted by atomic mass is 10.2. The van der Waals surface area contributed by atoms with Crippen LogP contribution in [0.4, 0.5) is 11.4 Å². The minimum atomic E-state index is -3.89. The number of benzene rings is 2. The molecule has 23 heavy (non-hydrogen) atoms. The first-order valence-corrected chi connectivity index (χ1v) is 8.57. The van der Waals surface area contributed by atoms with Crippen LogP contribution < -0.4 is 14.8 Å². The molecule has 3 rings (SSSR count). The monoisotopic (exact) mass is 352 g/mol. The Morgan fingerprint density at radius 3 is 2.74 bits per heavy atom. The summed E-state index contributed by atoms with van der Waals surface area (Å²) in [6, 6.07) is 9.67. The number of amides is 1. The number of fused-ring (bicyclic) bond motifs is 1. The molecule has 0 spiro atoms. The molecule has 1 aliphatic rings. The number of nitrogens with one attached hydrogen (secondary N) is 2. The molecular weight excluding hydrogens is 340 g/mol. The summed E-state index contributed by atoms with van der Waals surface area (Å²) in [7, 11) is -3.89. The molecule has 0 unspecified atom stereocenters. The number of rotatable bonds is 3. The number of hydrogen-bond acceptors (Lipinski definition) is 4. The van der Waals surface area contributed by atoms with E-state index in [-0.39, 0.29) is 28.2 Å². The Labute approximate surface area is 138 Å². The van der Waals surface area contributed by atoms with Crippen molar-refractivity contribution in [1.82, 2.24) is 0 Å². The van der Waals surface area contributed by atoms with Gasteiger partial charge in [0.2, 0.25) is 0 Å². The van der Waals surface area contributed by atoms with E-state index in [1.807, 2.05) is 6.07 Å². The molecule has 0 bridgehead atoms. The molecule has 2 aromatic rings. The zero-order valence-electron chi connectivity index (χ0n) is 12.1. The zero-order valence-corrected chi connectivity index (χ0v) is 13.7. The van der Waals surface area contributed by atoms with Crippen molar-refractivity contribution in [2.24, 2.45) is 0 Å². The lowest BCUT2D eigenvalue weighted by Gasteiger charge is -2.20. The fourth-order valence-corrected chi connectivity index (χ4v) is 3.85. The smallest absolute Gasteiger partial charge is 0.263 e. The summed E-state index contributed by atoms with van der Waals surface area (Å²) >= 11 is 6.07. The molecule has 0 saturated carbocycles. The summed E-state index contributed by atoms with van der Waals surface area (Å²) in [5.74, 6) is -0.0543. The summed E-state index contributed by atoms with van der Waals surface area (Å²) in [6.07, 6.45) is 0. The maximum atomic E-state index is 12.6. The van der Waals surface area contributed by atoms with E-state index >= 15 is 0 Å². The molecular formula is C15H13ClN2O4S. The van der Waals surface area contributed by atoms with Gasteiger partial charge in [0.15, 0.2) is 6.61 Å². The molecule has 0 saturated heterocycles. The number of hydrogen-bond donors (Lipinski definition) is 2. The van der Waals surface area contributed by atoms with Crippen LogP contribution in [0.25, 0.3) is 0 Å². The molecule has 1 amide bonds. The van der Waals surface area contributed by atoms with Gasteiger partial charge in [-0.25, -0.2) is 8.42 Å². The lowest BCUT2D eigenvalue weighted by molar-refractivity contribution is -0.118. The van der Waals surface area contributed by atoms with Crippen molar-refractivity contribution < 1.29 is 17.9 Å². The van der Waals surface area contributed by atoms with Crippen LogP contribution in [-0.2, 0) is 14.8 Å². The highest BCUT2D eigenvalue weighted by Gasteiger charge is 2.24. The van der Waals surface area contributed by atoms with E-state index in [0.717, 1.165) is 5.56 Å². The molecule has 1 aliphatic heterocycles. The van der Waals surface area contributed by atoms with Gasteiger partial charge in [0.1, 0.15) is 10.6 Å². The zero-order chi connectivity index (χ0) is 16.6. The van der Waals surface area contributed by atoms with Crippen molar-refractivity contribution in [2.45, 2.75) is 11.8 Å². The highest BCUT2D eigenvalue weighted by Crippen LogP contribution is 2.36. The number of halogens is 1. The van der Waals surface area contributed by atoms with E-state index in [0.29, 0.717) is 11.4 Å². The minimum Gasteiger partial charge on any atom is -0.482 e. The second-order valence-electron chi connectivity index (χ2n) is 5.04. The molecule has 0 fully saturated rings. The first kappa shape index (κ1) is 15.6. The number of ether oxygens (including phenoxy) is 1. The van der Waals surface area contributed by atoms with E-state index in [9.17, 15) is 13.2 Å². The van der Waals surface area contributed by atoms with Crippen molar-refractivity contribution in [2.75, 3.05) is 16.6 Å². The average Bonchev–Trinajstić information content (AvgIpc) is 2.48. The largest absolute Gasteiger partial charge is 0.482 e. The fourth-order valence-electron chi connectivity index (χ4n) is 2.17. The number of aryl methyl sites for hydroxylation is 1. The molecule has 0 aromatic heterocycles. The Kier molecular flexibility index (Phi) is 3.91. The highest BCUT2D eigenvalue weighted by atomic mass is 35.5. The van der Waals surface area contributed by atoms with Crippen LogP contribution in [0.3, 0.4) is 0 Å². The first-order valence-electron chi connectivity index (χ1n) is 6.71. The van der Waals surface area contributed by atoms with Crippen molar-refractivity contribution in [3.63, 3.8) is 0 Å². The molecule has 2 aromatic carbocycles. The standard InChI is InChI=1S/C15H13ClN2O4S/c1-9-4-2-3-5-11(9)18-23(20,21)14-7-13-12(6-10(14)16)17-15(19)8-22-13/h2-7,18H,8H2,1H3,(H,17,19). The number of para-hydroxylation sites is 1. The van der Waals surface area contributed by atoms with Gasteiger partial charge in [0.25, 0.3) is 15.9 Å². The normalized spacial score (nSPS) is 13.7. The summed E-state index contributed by atoms with van der Waals surface area (Å²) in [5, 5.41) is 2.57. The van der Waals surface area contributed by atoms with Crippen molar-refractivity contribution >= 4 is 38.9 Å². The molecule has 120 valence electrons. The van der Waals surface area contributed by atoms with Crippen LogP contribution in [0.5, 0.6) is 5.75 Å². The Hall–Kier alpha value is -2.25. The molecule has 0 radical (unpaired) electrons. The van der Waals surface area contributed by atoms with E-state index in [2.05, 4.69) is 10.0 Å². The van der Waals surface area contributed by atoms with Gasteiger partial charge in [-0.2, -0.15) is 0 Å². The second-order valence-corrected chi connectivity index (χ2v) is 7.09. The van der Waals surface area contributed by atoms with Crippen LogP contribution in [0.1, 0.15) is 5.56 Å². The van der Waals surface area contributed by atoms with Gasteiger partial charge in [0, 0.05) is 6.07 Å². The topological polar surface area (TPSA) is 84.5 Å². The van der Waals surface area contributed by atoms with Gasteiger partial charge >= 0.3 is 0 Å². The van der Waals surface area contributed by atoms with E-state index < -0.39 is 10.0 Å². The molecule has 8 heteroatoms. The lowest BCUT2D eigenvalue weighted by Crippen LogP contribution is -2.26. The third-order valence-corrected chi connectivity index (χ3v) is 5.18. The first-order chi connectivity index (χ1) is 10.9. The third-order valence-electron chi connectivity index (χ3n) is 3.35. The van der Waals surface area contributed by atoms with Gasteiger partial charge in [-0.3, -0.25) is 9.52 Å². The summed E-state index contributed by atoms with van der Waals surface area (Å²) < 4.78 is 32.9. The maximum Gasteiger partial charge on any atom is 0.263 e. The SMILES string of the molecule is Cc1ccccc1NS(=O)(=O)c1cc2c(cc1Cl)NC(=O)CO2. The number of sulfonamides is 1. The molecule has 0 aliphatic carbocycles. The predicted octanol–water partition coefficient (Wildman–Crippen LogP) is 2.78. The third kappa shape index (κ3) is 3.11. The van der Waals surface area contributed by atoms with E-state index in [1.165, 1.54) is 12.1 Å². The van der Waals surface area contributed by atoms with Crippen molar-refractivity contribution in [3.8, 4) is 5.75 Å². The molecule has 6 nitrogen and oxygen atoms in total. The predicted molar refractivity (Wildman–Crippen MR) is 87.6 cm³/mol. The Morgan fingerprint density at radius 2 is 2.00 bits per heavy atom. The van der Waals surface area contributed by atoms with Crippen LogP contribution in [0.2, 0.25) is 5.02 Å². The van der Waals surface area contributed by atoms with Gasteiger partial charge in [0.05, 0.1) is 16.4 Å². The van der Waals surface area contributed by atoms with Crippen molar-refractivity contribution in [3.05, 3.63) is 47.0 Å². The Bertz CT molecular complexity index is 896. The summed E-state index contributed by atoms with van der Waals surface area (Å²) in [6.45, 7) is 1.63. The van der Waals surface area contributed by atoms with Crippen LogP contribution >= 0.6 is 11.6 Å². The number of anilines is 2. The molecule has 1 heterocycles. The quantitative estimate of drug-likeness (QED) is 0.889. The Morgan fingerprint density at radius 1 is 1.26 bits per heavy atom. The van der Waals surface area contributed by atoms with Crippen LogP contribution in [0.15, 0.2) is 41.3 Å². The number of carbonyl (C=O) groups excluding carboxylic acids is 1. The number of carbonyl (C=O) groups is 1. The average molecular weight is 353 g/mol. The van der Waals surface area contributed by atoms with Crippen molar-refractivity contribution in [1.29, 1.82) is 0 Å². The van der Waals surface area contributed by atoms with E-state index in [4.69, 9.17) is 16.3 Å².